The highest BCUT2D eigenvalue weighted by Gasteiger charge is 2.04. The van der Waals surface area contributed by atoms with Gasteiger partial charge in [0.1, 0.15) is 0 Å². The number of guanidine groups is 1. The van der Waals surface area contributed by atoms with E-state index in [4.69, 9.17) is 0 Å². The molecule has 1 amide bonds. The third-order valence-electron chi connectivity index (χ3n) is 3.87. The van der Waals surface area contributed by atoms with Crippen LogP contribution in [0.3, 0.4) is 0 Å². The Kier molecular flexibility index (Phi) is 7.32. The fourth-order valence-electron chi connectivity index (χ4n) is 2.70. The quantitative estimate of drug-likeness (QED) is 0.391. The zero-order valence-electron chi connectivity index (χ0n) is 15.4. The van der Waals surface area contributed by atoms with E-state index in [2.05, 4.69) is 62.0 Å². The maximum atomic E-state index is 11.6. The number of amides is 1. The Morgan fingerprint density at radius 1 is 1.16 bits per heavy atom. The van der Waals surface area contributed by atoms with E-state index in [1.165, 1.54) is 10.9 Å². The van der Waals surface area contributed by atoms with Crippen molar-refractivity contribution in [3.63, 3.8) is 0 Å². The predicted octanol–water partition coefficient (Wildman–Crippen LogP) is 2.11. The van der Waals surface area contributed by atoms with Crippen molar-refractivity contribution in [2.75, 3.05) is 20.1 Å². The van der Waals surface area contributed by atoms with Crippen LogP contribution < -0.4 is 16.0 Å². The fourth-order valence-corrected chi connectivity index (χ4v) is 2.70. The molecule has 0 unspecified atom stereocenters. The molecule has 0 saturated carbocycles. The van der Waals surface area contributed by atoms with Gasteiger partial charge < -0.3 is 20.5 Å². The molecule has 0 aliphatic carbocycles. The van der Waals surface area contributed by atoms with Gasteiger partial charge in [0, 0.05) is 50.9 Å². The molecule has 3 N–H and O–H groups in total. The molecule has 0 bridgehead atoms. The number of aryl methyl sites for hydroxylation is 1. The second-order valence-corrected chi connectivity index (χ2v) is 6.32. The molecule has 2 rings (SSSR count). The van der Waals surface area contributed by atoms with Gasteiger partial charge in [0.25, 0.3) is 0 Å². The van der Waals surface area contributed by atoms with Crippen LogP contribution in [0.5, 0.6) is 0 Å². The molecule has 25 heavy (non-hydrogen) atoms. The number of aliphatic imine (C=N–C) groups is 1. The van der Waals surface area contributed by atoms with Crippen LogP contribution in [-0.4, -0.2) is 42.6 Å². The average Bonchev–Trinajstić information content (AvgIpc) is 2.99. The van der Waals surface area contributed by atoms with Crippen molar-refractivity contribution in [2.45, 2.75) is 39.3 Å². The molecule has 0 saturated heterocycles. The molecule has 1 heterocycles. The lowest BCUT2D eigenvalue weighted by atomic mass is 10.2. The Balaban J connectivity index is 1.66. The van der Waals surface area contributed by atoms with Gasteiger partial charge in [0.2, 0.25) is 5.91 Å². The molecule has 0 aliphatic rings. The first kappa shape index (κ1) is 18.8. The number of hydrogen-bond donors (Lipinski definition) is 3. The molecule has 136 valence electrons. The number of rotatable bonds is 8. The molecule has 0 aliphatic heterocycles. The van der Waals surface area contributed by atoms with Gasteiger partial charge in [-0.1, -0.05) is 18.2 Å². The largest absolute Gasteiger partial charge is 0.356 e. The highest BCUT2D eigenvalue weighted by Crippen LogP contribution is 2.15. The van der Waals surface area contributed by atoms with Gasteiger partial charge in [-0.15, -0.1) is 0 Å². The Hall–Kier alpha value is -2.50. The monoisotopic (exact) mass is 343 g/mol. The Labute approximate surface area is 149 Å². The van der Waals surface area contributed by atoms with Crippen molar-refractivity contribution in [3.05, 3.63) is 36.5 Å². The number of carbonyl (C=O) groups excluding carboxylic acids is 1. The molecule has 6 nitrogen and oxygen atoms in total. The molecule has 0 atom stereocenters. The molecule has 6 heteroatoms. The van der Waals surface area contributed by atoms with E-state index in [0.29, 0.717) is 13.0 Å². The normalized spacial score (nSPS) is 11.8. The first-order valence-electron chi connectivity index (χ1n) is 8.88. The zero-order valence-corrected chi connectivity index (χ0v) is 15.4. The minimum Gasteiger partial charge on any atom is -0.356 e. The van der Waals surface area contributed by atoms with Crippen molar-refractivity contribution >= 4 is 22.8 Å². The van der Waals surface area contributed by atoms with Crippen molar-refractivity contribution in [2.24, 2.45) is 4.99 Å². The molecular formula is C19H29N5O. The Morgan fingerprint density at radius 2 is 1.92 bits per heavy atom. The molecule has 2 aromatic rings. The Bertz CT molecular complexity index is 705. The molecular weight excluding hydrogens is 314 g/mol. The van der Waals surface area contributed by atoms with Crippen molar-refractivity contribution in [1.29, 1.82) is 0 Å². The second kappa shape index (κ2) is 9.71. The standard InChI is InChI=1S/C19H29N5O/c1-15(2)23-18(25)9-12-22-19(20-3)21-11-6-13-24-14-10-16-7-4-5-8-17(16)24/h4-5,7-8,10,14-15H,6,9,11-13H2,1-3H3,(H,23,25)(H2,20,21,22). The van der Waals surface area contributed by atoms with E-state index in [1.807, 2.05) is 13.8 Å². The van der Waals surface area contributed by atoms with Gasteiger partial charge in [0.15, 0.2) is 5.96 Å². The topological polar surface area (TPSA) is 70.5 Å². The van der Waals surface area contributed by atoms with Crippen molar-refractivity contribution < 1.29 is 4.79 Å². The highest BCUT2D eigenvalue weighted by molar-refractivity contribution is 5.81. The van der Waals surface area contributed by atoms with Crippen LogP contribution in [0.4, 0.5) is 0 Å². The van der Waals surface area contributed by atoms with E-state index in [9.17, 15) is 4.79 Å². The second-order valence-electron chi connectivity index (χ2n) is 6.32. The van der Waals surface area contributed by atoms with Crippen LogP contribution in [0, 0.1) is 0 Å². The van der Waals surface area contributed by atoms with Gasteiger partial charge in [0.05, 0.1) is 0 Å². The summed E-state index contributed by atoms with van der Waals surface area (Å²) in [6.45, 7) is 6.26. The predicted molar refractivity (Wildman–Crippen MR) is 104 cm³/mol. The lowest BCUT2D eigenvalue weighted by Crippen LogP contribution is -2.40. The van der Waals surface area contributed by atoms with Gasteiger partial charge in [-0.2, -0.15) is 0 Å². The minimum absolute atomic E-state index is 0.0532. The fraction of sp³-hybridized carbons (Fsp3) is 0.474. The van der Waals surface area contributed by atoms with Crippen LogP contribution in [0.1, 0.15) is 26.7 Å². The SMILES string of the molecule is CN=C(NCCCn1ccc2ccccc21)NCCC(=O)NC(C)C. The van der Waals surface area contributed by atoms with Gasteiger partial charge in [-0.05, 0) is 37.8 Å². The summed E-state index contributed by atoms with van der Waals surface area (Å²) in [5.41, 5.74) is 1.26. The molecule has 0 radical (unpaired) electrons. The summed E-state index contributed by atoms with van der Waals surface area (Å²) >= 11 is 0. The summed E-state index contributed by atoms with van der Waals surface area (Å²) in [4.78, 5) is 15.8. The van der Waals surface area contributed by atoms with E-state index in [0.717, 1.165) is 25.5 Å². The number of benzene rings is 1. The number of fused-ring (bicyclic) bond motifs is 1. The number of carbonyl (C=O) groups is 1. The van der Waals surface area contributed by atoms with Crippen LogP contribution in [0.25, 0.3) is 10.9 Å². The molecule has 0 fully saturated rings. The lowest BCUT2D eigenvalue weighted by Gasteiger charge is -2.13. The number of para-hydroxylation sites is 1. The van der Waals surface area contributed by atoms with Gasteiger partial charge in [-0.25, -0.2) is 0 Å². The van der Waals surface area contributed by atoms with Crippen LogP contribution >= 0.6 is 0 Å². The smallest absolute Gasteiger partial charge is 0.221 e. The number of aromatic nitrogens is 1. The van der Waals surface area contributed by atoms with E-state index >= 15 is 0 Å². The van der Waals surface area contributed by atoms with Gasteiger partial charge in [-0.3, -0.25) is 9.79 Å². The summed E-state index contributed by atoms with van der Waals surface area (Å²) in [5, 5.41) is 10.6. The van der Waals surface area contributed by atoms with Gasteiger partial charge >= 0.3 is 0 Å². The maximum Gasteiger partial charge on any atom is 0.221 e. The summed E-state index contributed by atoms with van der Waals surface area (Å²) in [6, 6.07) is 10.7. The lowest BCUT2D eigenvalue weighted by molar-refractivity contribution is -0.121. The minimum atomic E-state index is 0.0532. The van der Waals surface area contributed by atoms with Crippen LogP contribution in [0.2, 0.25) is 0 Å². The van der Waals surface area contributed by atoms with Crippen molar-refractivity contribution in [1.82, 2.24) is 20.5 Å². The summed E-state index contributed by atoms with van der Waals surface area (Å²) in [6.07, 6.45) is 3.56. The van der Waals surface area contributed by atoms with E-state index in [-0.39, 0.29) is 11.9 Å². The number of nitrogens with zero attached hydrogens (tertiary/aromatic N) is 2. The molecule has 1 aromatic heterocycles. The summed E-state index contributed by atoms with van der Waals surface area (Å²) < 4.78 is 2.27. The summed E-state index contributed by atoms with van der Waals surface area (Å²) in [5.74, 6) is 0.784. The first-order chi connectivity index (χ1) is 12.1. The van der Waals surface area contributed by atoms with Crippen LogP contribution in [-0.2, 0) is 11.3 Å². The number of hydrogen-bond acceptors (Lipinski definition) is 2. The van der Waals surface area contributed by atoms with E-state index in [1.54, 1.807) is 7.05 Å². The first-order valence-corrected chi connectivity index (χ1v) is 8.88. The van der Waals surface area contributed by atoms with Crippen LogP contribution in [0.15, 0.2) is 41.5 Å². The average molecular weight is 343 g/mol. The molecule has 1 aromatic carbocycles. The third kappa shape index (κ3) is 6.14. The van der Waals surface area contributed by atoms with Crippen molar-refractivity contribution in [3.8, 4) is 0 Å². The maximum absolute atomic E-state index is 11.6. The zero-order chi connectivity index (χ0) is 18.1. The van der Waals surface area contributed by atoms with E-state index < -0.39 is 0 Å². The summed E-state index contributed by atoms with van der Waals surface area (Å²) in [7, 11) is 1.74. The highest BCUT2D eigenvalue weighted by atomic mass is 16.1. The molecule has 0 spiro atoms. The number of nitrogens with one attached hydrogen (secondary N) is 3. The Morgan fingerprint density at radius 3 is 2.68 bits per heavy atom. The third-order valence-corrected chi connectivity index (χ3v) is 3.87.